The van der Waals surface area contributed by atoms with Crippen LogP contribution in [0.2, 0.25) is 0 Å². The number of fused-ring (bicyclic) bond motifs is 3. The van der Waals surface area contributed by atoms with Crippen molar-refractivity contribution in [2.75, 3.05) is 0 Å². The van der Waals surface area contributed by atoms with Gasteiger partial charge in [-0.2, -0.15) is 0 Å². The predicted molar refractivity (Wildman–Crippen MR) is 75.7 cm³/mol. The number of rotatable bonds is 2. The molecule has 3 N–H and O–H groups in total. The molecule has 0 aliphatic carbocycles. The molecular formula is C15H20N4. The lowest BCUT2D eigenvalue weighted by atomic mass is 9.98. The lowest BCUT2D eigenvalue weighted by molar-refractivity contribution is 0.117. The number of H-pyrrole nitrogens is 1. The summed E-state index contributed by atoms with van der Waals surface area (Å²) in [6, 6.07) is 9.99. The van der Waals surface area contributed by atoms with E-state index in [-0.39, 0.29) is 0 Å². The van der Waals surface area contributed by atoms with Crippen LogP contribution in [-0.4, -0.2) is 33.0 Å². The number of benzene rings is 1. The number of imidazole rings is 1. The van der Waals surface area contributed by atoms with E-state index in [4.69, 9.17) is 10.7 Å². The van der Waals surface area contributed by atoms with Crippen LogP contribution in [-0.2, 0) is 6.54 Å². The van der Waals surface area contributed by atoms with Gasteiger partial charge in [-0.25, -0.2) is 4.98 Å². The third-order valence-corrected chi connectivity index (χ3v) is 4.69. The number of hydrogen-bond donors (Lipinski definition) is 2. The summed E-state index contributed by atoms with van der Waals surface area (Å²) < 4.78 is 0. The molecule has 0 spiro atoms. The van der Waals surface area contributed by atoms with Gasteiger partial charge in [0.05, 0.1) is 17.6 Å². The molecule has 0 saturated carbocycles. The quantitative estimate of drug-likeness (QED) is 0.864. The molecule has 2 fully saturated rings. The first kappa shape index (κ1) is 11.4. The first-order valence-electron chi connectivity index (χ1n) is 7.24. The van der Waals surface area contributed by atoms with Crippen LogP contribution in [0.3, 0.4) is 0 Å². The van der Waals surface area contributed by atoms with Crippen molar-refractivity contribution in [3.05, 3.63) is 30.1 Å². The van der Waals surface area contributed by atoms with Gasteiger partial charge in [0.25, 0.3) is 0 Å². The maximum Gasteiger partial charge on any atom is 0.121 e. The third-order valence-electron chi connectivity index (χ3n) is 4.69. The van der Waals surface area contributed by atoms with Crippen molar-refractivity contribution in [2.24, 2.45) is 5.73 Å². The molecule has 1 aromatic heterocycles. The lowest BCUT2D eigenvalue weighted by Crippen LogP contribution is -2.46. The summed E-state index contributed by atoms with van der Waals surface area (Å²) in [7, 11) is 0. The van der Waals surface area contributed by atoms with Crippen molar-refractivity contribution in [1.29, 1.82) is 0 Å². The van der Waals surface area contributed by atoms with Gasteiger partial charge in [0.1, 0.15) is 5.82 Å². The molecule has 2 aromatic rings. The number of aromatic nitrogens is 2. The van der Waals surface area contributed by atoms with Crippen molar-refractivity contribution < 1.29 is 0 Å². The Labute approximate surface area is 113 Å². The first-order chi connectivity index (χ1) is 9.29. The molecule has 1 aromatic carbocycles. The summed E-state index contributed by atoms with van der Waals surface area (Å²) in [6.45, 7) is 0.941. The maximum atomic E-state index is 6.12. The molecular weight excluding hydrogens is 236 g/mol. The molecule has 19 heavy (non-hydrogen) atoms. The van der Waals surface area contributed by atoms with Gasteiger partial charge < -0.3 is 10.7 Å². The Bertz CT molecular complexity index is 544. The van der Waals surface area contributed by atoms with E-state index in [0.29, 0.717) is 18.1 Å². The van der Waals surface area contributed by atoms with Crippen LogP contribution in [0.1, 0.15) is 31.5 Å². The minimum Gasteiger partial charge on any atom is -0.341 e. The van der Waals surface area contributed by atoms with Crippen LogP contribution in [0, 0.1) is 0 Å². The minimum absolute atomic E-state index is 0.407. The van der Waals surface area contributed by atoms with Gasteiger partial charge in [-0.15, -0.1) is 0 Å². The monoisotopic (exact) mass is 256 g/mol. The van der Waals surface area contributed by atoms with Crippen molar-refractivity contribution in [1.82, 2.24) is 14.9 Å². The summed E-state index contributed by atoms with van der Waals surface area (Å²) in [5.74, 6) is 1.09. The van der Waals surface area contributed by atoms with E-state index in [1.165, 1.54) is 12.8 Å². The summed E-state index contributed by atoms with van der Waals surface area (Å²) in [5, 5.41) is 0. The highest BCUT2D eigenvalue weighted by molar-refractivity contribution is 5.74. The summed E-state index contributed by atoms with van der Waals surface area (Å²) in [4.78, 5) is 10.7. The molecule has 4 nitrogen and oxygen atoms in total. The highest BCUT2D eigenvalue weighted by Gasteiger charge is 2.39. The topological polar surface area (TPSA) is 57.9 Å². The molecule has 2 unspecified atom stereocenters. The Kier molecular flexibility index (Phi) is 2.60. The smallest absolute Gasteiger partial charge is 0.121 e. The highest BCUT2D eigenvalue weighted by Crippen LogP contribution is 2.35. The van der Waals surface area contributed by atoms with E-state index in [1.54, 1.807) is 0 Å². The van der Waals surface area contributed by atoms with E-state index in [9.17, 15) is 0 Å². The van der Waals surface area contributed by atoms with Gasteiger partial charge >= 0.3 is 0 Å². The van der Waals surface area contributed by atoms with Gasteiger partial charge in [-0.1, -0.05) is 12.1 Å². The average molecular weight is 256 g/mol. The minimum atomic E-state index is 0.407. The normalized spacial score (nSPS) is 31.1. The number of para-hydroxylation sites is 2. The van der Waals surface area contributed by atoms with E-state index in [2.05, 4.69) is 22.0 Å². The number of nitrogens with one attached hydrogen (secondary N) is 1. The standard InChI is InChI=1S/C15H20N4/c16-10-7-11-5-6-12(8-10)19(11)9-15-17-13-3-1-2-4-14(13)18-15/h1-4,10-12H,5-9,16H2,(H,17,18). The zero-order valence-electron chi connectivity index (χ0n) is 11.0. The molecule has 0 amide bonds. The highest BCUT2D eigenvalue weighted by atomic mass is 15.2. The molecule has 100 valence electrons. The second-order valence-corrected chi connectivity index (χ2v) is 5.99. The number of piperidine rings is 1. The van der Waals surface area contributed by atoms with Gasteiger partial charge in [0.15, 0.2) is 0 Å². The molecule has 4 heteroatoms. The lowest BCUT2D eigenvalue weighted by Gasteiger charge is -2.37. The SMILES string of the molecule is NC1CC2CCC(C1)N2Cc1nc2ccccc2[nH]1. The fraction of sp³-hybridized carbons (Fsp3) is 0.533. The van der Waals surface area contributed by atoms with Crippen molar-refractivity contribution in [3.8, 4) is 0 Å². The van der Waals surface area contributed by atoms with Gasteiger partial charge in [-0.3, -0.25) is 4.90 Å². The average Bonchev–Trinajstić information content (AvgIpc) is 2.90. The number of nitrogens with zero attached hydrogens (tertiary/aromatic N) is 2. The third kappa shape index (κ3) is 1.95. The Morgan fingerprint density at radius 2 is 1.95 bits per heavy atom. The predicted octanol–water partition coefficient (Wildman–Crippen LogP) is 2.02. The van der Waals surface area contributed by atoms with Crippen LogP contribution in [0.5, 0.6) is 0 Å². The summed E-state index contributed by atoms with van der Waals surface area (Å²) >= 11 is 0. The molecule has 2 bridgehead atoms. The zero-order chi connectivity index (χ0) is 12.8. The van der Waals surface area contributed by atoms with Crippen molar-refractivity contribution >= 4 is 11.0 Å². The number of nitrogens with two attached hydrogens (primary N) is 1. The molecule has 2 aliphatic heterocycles. The van der Waals surface area contributed by atoms with Crippen LogP contribution in [0.25, 0.3) is 11.0 Å². The van der Waals surface area contributed by atoms with E-state index < -0.39 is 0 Å². The summed E-state index contributed by atoms with van der Waals surface area (Å²) in [6.07, 6.45) is 4.91. The molecule has 4 rings (SSSR count). The van der Waals surface area contributed by atoms with Crippen molar-refractivity contribution in [2.45, 2.75) is 50.4 Å². The molecule has 2 saturated heterocycles. The van der Waals surface area contributed by atoms with E-state index in [0.717, 1.165) is 36.2 Å². The molecule has 2 aliphatic rings. The maximum absolute atomic E-state index is 6.12. The largest absolute Gasteiger partial charge is 0.341 e. The molecule has 3 heterocycles. The molecule has 0 radical (unpaired) electrons. The molecule has 2 atom stereocenters. The zero-order valence-corrected chi connectivity index (χ0v) is 11.0. The second-order valence-electron chi connectivity index (χ2n) is 5.99. The Morgan fingerprint density at radius 1 is 1.21 bits per heavy atom. The van der Waals surface area contributed by atoms with Crippen LogP contribution < -0.4 is 5.73 Å². The number of hydrogen-bond acceptors (Lipinski definition) is 3. The van der Waals surface area contributed by atoms with Gasteiger partial charge in [-0.05, 0) is 37.8 Å². The van der Waals surface area contributed by atoms with Gasteiger partial charge in [0, 0.05) is 18.1 Å². The summed E-state index contributed by atoms with van der Waals surface area (Å²) in [5.41, 5.74) is 8.33. The van der Waals surface area contributed by atoms with Crippen LogP contribution in [0.15, 0.2) is 24.3 Å². The van der Waals surface area contributed by atoms with Crippen LogP contribution >= 0.6 is 0 Å². The first-order valence-corrected chi connectivity index (χ1v) is 7.24. The van der Waals surface area contributed by atoms with Crippen LogP contribution in [0.4, 0.5) is 0 Å². The second kappa shape index (κ2) is 4.32. The van der Waals surface area contributed by atoms with E-state index >= 15 is 0 Å². The number of aromatic amines is 1. The van der Waals surface area contributed by atoms with Crippen molar-refractivity contribution in [3.63, 3.8) is 0 Å². The van der Waals surface area contributed by atoms with Gasteiger partial charge in [0.2, 0.25) is 0 Å². The fourth-order valence-electron chi connectivity index (χ4n) is 3.83. The fourth-order valence-corrected chi connectivity index (χ4v) is 3.83. The van der Waals surface area contributed by atoms with E-state index in [1.807, 2.05) is 12.1 Å². The Hall–Kier alpha value is -1.39. The Morgan fingerprint density at radius 3 is 2.68 bits per heavy atom. The Balaban J connectivity index is 1.58.